The summed E-state index contributed by atoms with van der Waals surface area (Å²) in [7, 11) is -1.02. The summed E-state index contributed by atoms with van der Waals surface area (Å²) in [5, 5.41) is 6.87. The van der Waals surface area contributed by atoms with E-state index < -0.39 is 15.9 Å². The number of nitrogens with zero attached hydrogens (tertiary/aromatic N) is 3. The molecule has 3 aromatic rings. The summed E-state index contributed by atoms with van der Waals surface area (Å²) >= 11 is 6.10. The van der Waals surface area contributed by atoms with Crippen LogP contribution in [0.2, 0.25) is 5.02 Å². The van der Waals surface area contributed by atoms with Gasteiger partial charge in [-0.25, -0.2) is 8.42 Å². The van der Waals surface area contributed by atoms with E-state index in [0.29, 0.717) is 22.2 Å². The number of hydrogen-bond donors (Lipinski definition) is 1. The number of nitrogens with one attached hydrogen (secondary N) is 1. The van der Waals surface area contributed by atoms with Crippen molar-refractivity contribution in [3.63, 3.8) is 0 Å². The Balaban J connectivity index is 1.58. The Morgan fingerprint density at radius 3 is 2.57 bits per heavy atom. The normalized spacial score (nSPS) is 11.5. The van der Waals surface area contributed by atoms with Crippen molar-refractivity contribution in [3.8, 4) is 17.1 Å². The number of hydrogen-bond acceptors (Lipinski definition) is 7. The van der Waals surface area contributed by atoms with Crippen molar-refractivity contribution in [3.05, 3.63) is 59.4 Å². The summed E-state index contributed by atoms with van der Waals surface area (Å²) in [5.41, 5.74) is 0.603. The van der Waals surface area contributed by atoms with Crippen LogP contribution in [-0.4, -0.2) is 49.5 Å². The van der Waals surface area contributed by atoms with Crippen LogP contribution in [-0.2, 0) is 21.4 Å². The van der Waals surface area contributed by atoms with Gasteiger partial charge in [0.1, 0.15) is 5.75 Å². The summed E-state index contributed by atoms with van der Waals surface area (Å²) in [6.45, 7) is -0.424. The first kappa shape index (κ1) is 21.8. The molecule has 0 saturated heterocycles. The summed E-state index contributed by atoms with van der Waals surface area (Å²) in [6.07, 6.45) is 0. The Morgan fingerprint density at radius 1 is 1.20 bits per heavy atom. The van der Waals surface area contributed by atoms with E-state index in [4.69, 9.17) is 20.9 Å². The van der Waals surface area contributed by atoms with Gasteiger partial charge in [-0.15, -0.1) is 0 Å². The Kier molecular flexibility index (Phi) is 6.70. The third-order valence-corrected chi connectivity index (χ3v) is 6.30. The molecule has 1 N–H and O–H groups in total. The summed E-state index contributed by atoms with van der Waals surface area (Å²) < 4.78 is 36.2. The number of sulfonamides is 1. The molecule has 2 aromatic carbocycles. The van der Waals surface area contributed by atoms with Gasteiger partial charge in [-0.2, -0.15) is 9.29 Å². The zero-order valence-corrected chi connectivity index (χ0v) is 17.8. The fraction of sp³-hybridized carbons (Fsp3) is 0.211. The van der Waals surface area contributed by atoms with Crippen LogP contribution in [0.4, 0.5) is 0 Å². The molecule has 3 rings (SSSR count). The van der Waals surface area contributed by atoms with E-state index in [1.165, 1.54) is 38.4 Å². The van der Waals surface area contributed by atoms with Crippen LogP contribution in [0.3, 0.4) is 0 Å². The van der Waals surface area contributed by atoms with Gasteiger partial charge in [0.2, 0.25) is 27.6 Å². The highest BCUT2D eigenvalue weighted by molar-refractivity contribution is 7.89. The number of methoxy groups -OCH3 is 1. The van der Waals surface area contributed by atoms with Gasteiger partial charge < -0.3 is 14.6 Å². The van der Waals surface area contributed by atoms with Crippen molar-refractivity contribution < 1.29 is 22.5 Å². The van der Waals surface area contributed by atoms with Crippen LogP contribution in [0.1, 0.15) is 5.89 Å². The number of halogens is 1. The minimum atomic E-state index is -3.83. The van der Waals surface area contributed by atoms with Gasteiger partial charge in [0.05, 0.1) is 30.1 Å². The van der Waals surface area contributed by atoms with Gasteiger partial charge in [0.15, 0.2) is 0 Å². The number of benzene rings is 2. The van der Waals surface area contributed by atoms with Crippen molar-refractivity contribution in [1.82, 2.24) is 19.8 Å². The fourth-order valence-electron chi connectivity index (χ4n) is 2.52. The molecule has 0 bridgehead atoms. The molecule has 0 aliphatic rings. The molecule has 0 spiro atoms. The lowest BCUT2D eigenvalue weighted by atomic mass is 10.2. The van der Waals surface area contributed by atoms with Gasteiger partial charge in [-0.05, 0) is 36.4 Å². The zero-order chi connectivity index (χ0) is 21.7. The topological polar surface area (TPSA) is 115 Å². The van der Waals surface area contributed by atoms with Crippen LogP contribution in [0.5, 0.6) is 5.75 Å². The number of aromatic nitrogens is 2. The largest absolute Gasteiger partial charge is 0.497 e. The fourth-order valence-corrected chi connectivity index (χ4v) is 3.87. The number of amides is 1. The highest BCUT2D eigenvalue weighted by Gasteiger charge is 2.23. The molecule has 11 heteroatoms. The van der Waals surface area contributed by atoms with E-state index in [1.54, 1.807) is 24.3 Å². The first-order chi connectivity index (χ1) is 14.3. The van der Waals surface area contributed by atoms with Gasteiger partial charge >= 0.3 is 0 Å². The maximum Gasteiger partial charge on any atom is 0.246 e. The Bertz CT molecular complexity index is 1130. The molecule has 0 fully saturated rings. The quantitative estimate of drug-likeness (QED) is 0.560. The van der Waals surface area contributed by atoms with Crippen molar-refractivity contribution >= 4 is 27.5 Å². The smallest absolute Gasteiger partial charge is 0.246 e. The maximum absolute atomic E-state index is 12.6. The highest BCUT2D eigenvalue weighted by Crippen LogP contribution is 2.24. The van der Waals surface area contributed by atoms with Crippen LogP contribution < -0.4 is 10.1 Å². The molecule has 0 aliphatic heterocycles. The second kappa shape index (κ2) is 9.24. The number of ether oxygens (including phenoxy) is 1. The van der Waals surface area contributed by atoms with E-state index >= 15 is 0 Å². The van der Waals surface area contributed by atoms with Crippen molar-refractivity contribution in [2.75, 3.05) is 20.7 Å². The summed E-state index contributed by atoms with van der Waals surface area (Å²) in [4.78, 5) is 16.4. The molecule has 0 aliphatic carbocycles. The Labute approximate surface area is 178 Å². The maximum atomic E-state index is 12.6. The third kappa shape index (κ3) is 4.96. The average molecular weight is 451 g/mol. The SMILES string of the molecule is COc1ccc(S(=O)(=O)N(C)CC(=O)NCc2nc(-c3ccccc3Cl)no2)cc1. The number of carbonyl (C=O) groups is 1. The lowest BCUT2D eigenvalue weighted by Crippen LogP contribution is -2.38. The number of carbonyl (C=O) groups excluding carboxylic acids is 1. The van der Waals surface area contributed by atoms with Crippen molar-refractivity contribution in [2.45, 2.75) is 11.4 Å². The predicted molar refractivity (Wildman–Crippen MR) is 109 cm³/mol. The molecule has 30 heavy (non-hydrogen) atoms. The zero-order valence-electron chi connectivity index (χ0n) is 16.2. The summed E-state index contributed by atoms with van der Waals surface area (Å²) in [5.74, 6) is 0.472. The monoisotopic (exact) mass is 450 g/mol. The first-order valence-electron chi connectivity index (χ1n) is 8.76. The Morgan fingerprint density at radius 2 is 1.90 bits per heavy atom. The minimum Gasteiger partial charge on any atom is -0.497 e. The minimum absolute atomic E-state index is 0.0489. The van der Waals surface area contributed by atoms with Gasteiger partial charge in [0, 0.05) is 12.6 Å². The lowest BCUT2D eigenvalue weighted by Gasteiger charge is -2.16. The molecule has 0 radical (unpaired) electrons. The third-order valence-electron chi connectivity index (χ3n) is 4.15. The molecule has 0 atom stereocenters. The number of likely N-dealkylation sites (N-methyl/N-ethyl adjacent to an activating group) is 1. The number of rotatable bonds is 8. The van der Waals surface area contributed by atoms with E-state index in [-0.39, 0.29) is 23.9 Å². The van der Waals surface area contributed by atoms with Crippen LogP contribution >= 0.6 is 11.6 Å². The van der Waals surface area contributed by atoms with Crippen LogP contribution in [0.25, 0.3) is 11.4 Å². The first-order valence-corrected chi connectivity index (χ1v) is 10.6. The highest BCUT2D eigenvalue weighted by atomic mass is 35.5. The van der Waals surface area contributed by atoms with E-state index in [2.05, 4.69) is 15.5 Å². The van der Waals surface area contributed by atoms with Gasteiger partial charge in [-0.1, -0.05) is 28.9 Å². The second-order valence-corrected chi connectivity index (χ2v) is 8.66. The van der Waals surface area contributed by atoms with E-state index in [9.17, 15) is 13.2 Å². The van der Waals surface area contributed by atoms with Gasteiger partial charge in [-0.3, -0.25) is 4.79 Å². The Hall–Kier alpha value is -2.95. The molecule has 0 unspecified atom stereocenters. The van der Waals surface area contributed by atoms with Crippen LogP contribution in [0.15, 0.2) is 57.9 Å². The van der Waals surface area contributed by atoms with Crippen LogP contribution in [0, 0.1) is 0 Å². The predicted octanol–water partition coefficient (Wildman–Crippen LogP) is 2.34. The molecule has 9 nitrogen and oxygen atoms in total. The molecule has 0 saturated carbocycles. The molecule has 1 aromatic heterocycles. The van der Waals surface area contributed by atoms with Crippen molar-refractivity contribution in [2.24, 2.45) is 0 Å². The van der Waals surface area contributed by atoms with E-state index in [0.717, 1.165) is 4.31 Å². The molecule has 1 amide bonds. The second-order valence-electron chi connectivity index (χ2n) is 6.20. The molecular formula is C19H19ClN4O5S. The molecule has 1 heterocycles. The molecular weight excluding hydrogens is 432 g/mol. The summed E-state index contributed by atoms with van der Waals surface area (Å²) in [6, 6.07) is 12.9. The molecule has 158 valence electrons. The van der Waals surface area contributed by atoms with Crippen molar-refractivity contribution in [1.29, 1.82) is 0 Å². The van der Waals surface area contributed by atoms with Gasteiger partial charge in [0.25, 0.3) is 0 Å². The average Bonchev–Trinajstić information content (AvgIpc) is 3.21. The van der Waals surface area contributed by atoms with E-state index in [1.807, 2.05) is 0 Å². The standard InChI is InChI=1S/C19H19ClN4O5S/c1-24(30(26,27)14-9-7-13(28-2)8-10-14)12-17(25)21-11-18-22-19(23-29-18)15-5-3-4-6-16(15)20/h3-10H,11-12H2,1-2H3,(H,21,25). The lowest BCUT2D eigenvalue weighted by molar-refractivity contribution is -0.121.